The van der Waals surface area contributed by atoms with E-state index in [1.807, 2.05) is 0 Å². The maximum atomic E-state index is 12.0. The zero-order valence-electron chi connectivity index (χ0n) is 10.0. The molecule has 0 aliphatic carbocycles. The molecule has 0 atom stereocenters. The highest BCUT2D eigenvalue weighted by atomic mass is 35.5. The second kappa shape index (κ2) is 4.42. The lowest BCUT2D eigenvalue weighted by Gasteiger charge is -2.15. The van der Waals surface area contributed by atoms with Crippen molar-refractivity contribution in [3.05, 3.63) is 46.5 Å². The van der Waals surface area contributed by atoms with Crippen LogP contribution in [0.25, 0.3) is 6.08 Å². The van der Waals surface area contributed by atoms with Crippen LogP contribution >= 0.6 is 11.6 Å². The van der Waals surface area contributed by atoms with Crippen molar-refractivity contribution in [1.82, 2.24) is 0 Å². The molecule has 0 bridgehead atoms. The van der Waals surface area contributed by atoms with Crippen molar-refractivity contribution in [2.45, 2.75) is 13.8 Å². The number of hydrogen-bond acceptors (Lipinski definition) is 2. The minimum absolute atomic E-state index is 0.303. The summed E-state index contributed by atoms with van der Waals surface area (Å²) in [5, 5.41) is 0.474. The molecule has 18 heavy (non-hydrogen) atoms. The molecule has 3 nitrogen and oxygen atoms in total. The van der Waals surface area contributed by atoms with Gasteiger partial charge in [0.2, 0.25) is 0 Å². The third-order valence-electron chi connectivity index (χ3n) is 3.03. The number of amides is 2. The van der Waals surface area contributed by atoms with Gasteiger partial charge in [0.15, 0.2) is 0 Å². The summed E-state index contributed by atoms with van der Waals surface area (Å²) in [5.41, 5.74) is 1.99. The maximum Gasteiger partial charge on any atom is 0.261 e. The van der Waals surface area contributed by atoms with E-state index in [0.29, 0.717) is 27.4 Å². The van der Waals surface area contributed by atoms with Crippen molar-refractivity contribution in [3.8, 4) is 0 Å². The number of halogens is 1. The topological polar surface area (TPSA) is 37.4 Å². The quantitative estimate of drug-likeness (QED) is 0.767. The standard InChI is InChI=1S/C14H11ClNO2/c1-4-10-7-11(5-6-12(10)15)16-13(17)8(2)9(3)14(16)18/h1,4-7H,2-3H3. The van der Waals surface area contributed by atoms with Gasteiger partial charge in [0.05, 0.1) is 5.69 Å². The van der Waals surface area contributed by atoms with E-state index in [-0.39, 0.29) is 11.8 Å². The van der Waals surface area contributed by atoms with Gasteiger partial charge in [0.25, 0.3) is 11.8 Å². The first-order valence-electron chi connectivity index (χ1n) is 5.38. The minimum atomic E-state index is -0.303. The van der Waals surface area contributed by atoms with E-state index < -0.39 is 0 Å². The molecule has 0 N–H and O–H groups in total. The van der Waals surface area contributed by atoms with Gasteiger partial charge in [-0.15, -0.1) is 0 Å². The molecule has 4 heteroatoms. The molecule has 1 aromatic rings. The summed E-state index contributed by atoms with van der Waals surface area (Å²) in [6.45, 7) is 8.71. The lowest BCUT2D eigenvalue weighted by atomic mass is 10.2. The largest absolute Gasteiger partial charge is 0.269 e. The third-order valence-corrected chi connectivity index (χ3v) is 3.37. The Labute approximate surface area is 110 Å². The van der Waals surface area contributed by atoms with E-state index in [4.69, 9.17) is 18.2 Å². The Kier molecular flexibility index (Phi) is 3.09. The van der Waals surface area contributed by atoms with E-state index in [2.05, 4.69) is 0 Å². The van der Waals surface area contributed by atoms with Gasteiger partial charge in [-0.1, -0.05) is 24.3 Å². The second-order valence-electron chi connectivity index (χ2n) is 4.07. The molecule has 0 unspecified atom stereocenters. The zero-order chi connectivity index (χ0) is 13.4. The summed E-state index contributed by atoms with van der Waals surface area (Å²) in [4.78, 5) is 25.1. The lowest BCUT2D eigenvalue weighted by Crippen LogP contribution is -2.31. The number of carbonyl (C=O) groups excluding carboxylic acids is 2. The first-order valence-corrected chi connectivity index (χ1v) is 5.76. The van der Waals surface area contributed by atoms with Crippen LogP contribution in [0.1, 0.15) is 19.4 Å². The first-order chi connectivity index (χ1) is 8.47. The fraction of sp³-hybridized carbons (Fsp3) is 0.143. The number of imide groups is 1. The molecule has 1 heterocycles. The van der Waals surface area contributed by atoms with Gasteiger partial charge in [-0.2, -0.15) is 0 Å². The normalized spacial score (nSPS) is 15.6. The molecule has 2 amide bonds. The number of benzene rings is 1. The predicted octanol–water partition coefficient (Wildman–Crippen LogP) is 3.00. The number of carbonyl (C=O) groups is 2. The van der Waals surface area contributed by atoms with Crippen LogP contribution in [0.3, 0.4) is 0 Å². The molecule has 1 aromatic carbocycles. The van der Waals surface area contributed by atoms with Gasteiger partial charge in [0, 0.05) is 16.2 Å². The van der Waals surface area contributed by atoms with Gasteiger partial charge in [0.1, 0.15) is 0 Å². The van der Waals surface area contributed by atoms with Crippen LogP contribution in [0.5, 0.6) is 0 Å². The van der Waals surface area contributed by atoms with Crippen molar-refractivity contribution in [3.63, 3.8) is 0 Å². The summed E-state index contributed by atoms with van der Waals surface area (Å²) < 4.78 is 0. The molecule has 91 valence electrons. The highest BCUT2D eigenvalue weighted by Crippen LogP contribution is 2.29. The summed E-state index contributed by atoms with van der Waals surface area (Å²) in [6, 6.07) is 4.85. The van der Waals surface area contributed by atoms with Crippen LogP contribution in [0.2, 0.25) is 5.02 Å². The second-order valence-corrected chi connectivity index (χ2v) is 4.48. The Morgan fingerprint density at radius 3 is 2.22 bits per heavy atom. The van der Waals surface area contributed by atoms with Crippen LogP contribution in [0, 0.1) is 6.58 Å². The zero-order valence-corrected chi connectivity index (χ0v) is 10.8. The molecule has 0 aromatic heterocycles. The van der Waals surface area contributed by atoms with Gasteiger partial charge in [-0.3, -0.25) is 9.59 Å². The highest BCUT2D eigenvalue weighted by molar-refractivity contribution is 6.34. The monoisotopic (exact) mass is 260 g/mol. The van der Waals surface area contributed by atoms with Crippen LogP contribution < -0.4 is 4.90 Å². The average molecular weight is 261 g/mol. The van der Waals surface area contributed by atoms with Gasteiger partial charge >= 0.3 is 0 Å². The molecule has 0 saturated heterocycles. The van der Waals surface area contributed by atoms with Crippen molar-refractivity contribution in [2.75, 3.05) is 4.90 Å². The molecule has 2 rings (SSSR count). The fourth-order valence-corrected chi connectivity index (χ4v) is 1.96. The molecular formula is C14H11ClNO2. The van der Waals surface area contributed by atoms with Gasteiger partial charge in [-0.25, -0.2) is 4.90 Å². The highest BCUT2D eigenvalue weighted by Gasteiger charge is 2.34. The summed E-state index contributed by atoms with van der Waals surface area (Å²) in [5.74, 6) is -0.606. The van der Waals surface area contributed by atoms with Crippen LogP contribution in [-0.4, -0.2) is 11.8 Å². The molecule has 0 spiro atoms. The van der Waals surface area contributed by atoms with Crippen molar-refractivity contribution in [2.24, 2.45) is 0 Å². The Morgan fingerprint density at radius 2 is 1.72 bits per heavy atom. The Hall–Kier alpha value is -1.87. The minimum Gasteiger partial charge on any atom is -0.269 e. The number of anilines is 1. The number of rotatable bonds is 2. The Morgan fingerprint density at radius 1 is 1.17 bits per heavy atom. The predicted molar refractivity (Wildman–Crippen MR) is 71.1 cm³/mol. The summed E-state index contributed by atoms with van der Waals surface area (Å²) in [7, 11) is 0. The van der Waals surface area contributed by atoms with Gasteiger partial charge < -0.3 is 0 Å². The SMILES string of the molecule is [CH]=Cc1cc(N2C(=O)C(C)=C(C)C2=O)ccc1Cl. The summed E-state index contributed by atoms with van der Waals surface area (Å²) in [6.07, 6.45) is 1.34. The average Bonchev–Trinajstić information content (AvgIpc) is 2.55. The number of hydrogen-bond donors (Lipinski definition) is 0. The molecule has 0 saturated carbocycles. The Bertz CT molecular complexity index is 578. The molecule has 1 aliphatic heterocycles. The molecular weight excluding hydrogens is 250 g/mol. The fourth-order valence-electron chi connectivity index (χ4n) is 1.78. The Balaban J connectivity index is 2.49. The van der Waals surface area contributed by atoms with Crippen LogP contribution in [0.4, 0.5) is 5.69 Å². The van der Waals surface area contributed by atoms with Gasteiger partial charge in [-0.05, 0) is 37.6 Å². The van der Waals surface area contributed by atoms with E-state index in [0.717, 1.165) is 4.90 Å². The summed E-state index contributed by atoms with van der Waals surface area (Å²) >= 11 is 5.92. The smallest absolute Gasteiger partial charge is 0.261 e. The number of nitrogens with zero attached hydrogens (tertiary/aromatic N) is 1. The molecule has 1 radical (unpaired) electrons. The van der Waals surface area contributed by atoms with E-state index in [1.165, 1.54) is 6.08 Å². The van der Waals surface area contributed by atoms with E-state index >= 15 is 0 Å². The first kappa shape index (κ1) is 12.6. The maximum absolute atomic E-state index is 12.0. The van der Waals surface area contributed by atoms with Crippen LogP contribution in [0.15, 0.2) is 29.3 Å². The van der Waals surface area contributed by atoms with E-state index in [9.17, 15) is 9.59 Å². The molecule has 0 fully saturated rings. The van der Waals surface area contributed by atoms with Crippen molar-refractivity contribution in [1.29, 1.82) is 0 Å². The van der Waals surface area contributed by atoms with E-state index in [1.54, 1.807) is 32.0 Å². The van der Waals surface area contributed by atoms with Crippen LogP contribution in [-0.2, 0) is 9.59 Å². The molecule has 1 aliphatic rings. The van der Waals surface area contributed by atoms with Crippen molar-refractivity contribution < 1.29 is 9.59 Å². The lowest BCUT2D eigenvalue weighted by molar-refractivity contribution is -0.120. The third kappa shape index (κ3) is 1.77. The van der Waals surface area contributed by atoms with Crippen molar-refractivity contribution >= 4 is 35.2 Å².